The minimum absolute atomic E-state index is 0.210. The second-order valence-corrected chi connectivity index (χ2v) is 5.09. The van der Waals surface area contributed by atoms with Crippen molar-refractivity contribution in [3.05, 3.63) is 58.7 Å². The molecule has 0 saturated heterocycles. The Bertz CT molecular complexity index is 523. The lowest BCUT2D eigenvalue weighted by atomic mass is 10.0. The first-order chi connectivity index (χ1) is 9.19. The van der Waals surface area contributed by atoms with E-state index in [0.717, 1.165) is 12.2 Å². The summed E-state index contributed by atoms with van der Waals surface area (Å²) in [5, 5.41) is 3.86. The molecule has 19 heavy (non-hydrogen) atoms. The van der Waals surface area contributed by atoms with Gasteiger partial charge in [0.2, 0.25) is 0 Å². The van der Waals surface area contributed by atoms with Crippen molar-refractivity contribution in [2.45, 2.75) is 32.7 Å². The molecule has 0 radical (unpaired) electrons. The number of aryl methyl sites for hydroxylation is 1. The number of hydrogen-bond donors (Lipinski definition) is 1. The van der Waals surface area contributed by atoms with Crippen LogP contribution in [-0.2, 0) is 6.42 Å². The van der Waals surface area contributed by atoms with Gasteiger partial charge < -0.3 is 5.32 Å². The van der Waals surface area contributed by atoms with E-state index in [1.165, 1.54) is 17.5 Å². The maximum atomic E-state index is 5.88. The molecule has 1 aromatic heterocycles. The fourth-order valence-electron chi connectivity index (χ4n) is 2.06. The Morgan fingerprint density at radius 3 is 2.53 bits per heavy atom. The van der Waals surface area contributed by atoms with Crippen LogP contribution in [0.2, 0.25) is 5.15 Å². The summed E-state index contributed by atoms with van der Waals surface area (Å²) in [6, 6.07) is 14.5. The highest BCUT2D eigenvalue weighted by Crippen LogP contribution is 2.19. The van der Waals surface area contributed by atoms with E-state index in [1.807, 2.05) is 12.1 Å². The number of nitrogens with one attached hydrogen (secondary N) is 1. The second kappa shape index (κ2) is 6.58. The lowest BCUT2D eigenvalue weighted by Gasteiger charge is -2.15. The number of pyridine rings is 1. The minimum Gasteiger partial charge on any atom is -0.364 e. The first-order valence-corrected chi connectivity index (χ1v) is 7.04. The van der Waals surface area contributed by atoms with Crippen LogP contribution in [0.15, 0.2) is 42.5 Å². The maximum absolute atomic E-state index is 5.88. The van der Waals surface area contributed by atoms with Crippen LogP contribution >= 0.6 is 11.6 Å². The minimum atomic E-state index is 0.210. The maximum Gasteiger partial charge on any atom is 0.131 e. The Hall–Kier alpha value is -1.54. The van der Waals surface area contributed by atoms with Gasteiger partial charge in [0.15, 0.2) is 0 Å². The third-order valence-electron chi connectivity index (χ3n) is 3.10. The van der Waals surface area contributed by atoms with Gasteiger partial charge in [-0.25, -0.2) is 4.98 Å². The van der Waals surface area contributed by atoms with Crippen molar-refractivity contribution < 1.29 is 0 Å². The van der Waals surface area contributed by atoms with Crippen LogP contribution in [0.4, 0.5) is 5.82 Å². The molecule has 100 valence electrons. The molecule has 0 saturated carbocycles. The van der Waals surface area contributed by atoms with Gasteiger partial charge in [-0.15, -0.1) is 0 Å². The standard InChI is InChI=1S/C16H19ClN2/c1-3-5-13-8-10-14(11-9-13)12(2)18-16-7-4-6-15(17)19-16/h4,6-12H,3,5H2,1-2H3,(H,18,19). The molecule has 1 aromatic carbocycles. The van der Waals surface area contributed by atoms with E-state index < -0.39 is 0 Å². The normalized spacial score (nSPS) is 12.2. The monoisotopic (exact) mass is 274 g/mol. The Morgan fingerprint density at radius 1 is 1.16 bits per heavy atom. The van der Waals surface area contributed by atoms with Crippen LogP contribution in [0.25, 0.3) is 0 Å². The number of halogens is 1. The summed E-state index contributed by atoms with van der Waals surface area (Å²) < 4.78 is 0. The van der Waals surface area contributed by atoms with E-state index in [0.29, 0.717) is 5.15 Å². The number of anilines is 1. The zero-order valence-corrected chi connectivity index (χ0v) is 12.1. The number of aromatic nitrogens is 1. The summed E-state index contributed by atoms with van der Waals surface area (Å²) in [4.78, 5) is 4.24. The Labute approximate surface area is 119 Å². The first-order valence-electron chi connectivity index (χ1n) is 6.67. The molecule has 2 rings (SSSR count). The number of nitrogens with zero attached hydrogens (tertiary/aromatic N) is 1. The van der Waals surface area contributed by atoms with Crippen molar-refractivity contribution >= 4 is 17.4 Å². The summed E-state index contributed by atoms with van der Waals surface area (Å²) in [5.41, 5.74) is 2.64. The number of benzene rings is 1. The molecule has 0 aliphatic heterocycles. The van der Waals surface area contributed by atoms with E-state index in [9.17, 15) is 0 Å². The van der Waals surface area contributed by atoms with Crippen LogP contribution in [0.5, 0.6) is 0 Å². The van der Waals surface area contributed by atoms with Crippen molar-refractivity contribution in [2.75, 3.05) is 5.32 Å². The van der Waals surface area contributed by atoms with Crippen molar-refractivity contribution in [3.63, 3.8) is 0 Å². The van der Waals surface area contributed by atoms with Gasteiger partial charge in [-0.05, 0) is 36.6 Å². The van der Waals surface area contributed by atoms with E-state index >= 15 is 0 Å². The van der Waals surface area contributed by atoms with Crippen LogP contribution in [0, 0.1) is 0 Å². The van der Waals surface area contributed by atoms with Gasteiger partial charge in [-0.2, -0.15) is 0 Å². The van der Waals surface area contributed by atoms with Gasteiger partial charge in [0, 0.05) is 6.04 Å². The highest BCUT2D eigenvalue weighted by Gasteiger charge is 2.06. The molecule has 1 heterocycles. The summed E-state index contributed by atoms with van der Waals surface area (Å²) in [6.45, 7) is 4.32. The molecule has 0 aliphatic rings. The third kappa shape index (κ3) is 3.97. The zero-order valence-electron chi connectivity index (χ0n) is 11.4. The van der Waals surface area contributed by atoms with Gasteiger partial charge in [0.25, 0.3) is 0 Å². The fourth-order valence-corrected chi connectivity index (χ4v) is 2.22. The summed E-state index contributed by atoms with van der Waals surface area (Å²) >= 11 is 5.88. The zero-order chi connectivity index (χ0) is 13.7. The van der Waals surface area contributed by atoms with Crippen molar-refractivity contribution in [3.8, 4) is 0 Å². The van der Waals surface area contributed by atoms with Crippen LogP contribution in [-0.4, -0.2) is 4.98 Å². The molecule has 1 unspecified atom stereocenters. The third-order valence-corrected chi connectivity index (χ3v) is 3.31. The highest BCUT2D eigenvalue weighted by atomic mass is 35.5. The molecule has 2 aromatic rings. The van der Waals surface area contributed by atoms with Crippen molar-refractivity contribution in [1.82, 2.24) is 4.98 Å². The van der Waals surface area contributed by atoms with Gasteiger partial charge in [0.05, 0.1) is 0 Å². The molecule has 1 atom stereocenters. The lowest BCUT2D eigenvalue weighted by Crippen LogP contribution is -2.07. The molecule has 0 amide bonds. The predicted molar refractivity (Wildman–Crippen MR) is 81.7 cm³/mol. The van der Waals surface area contributed by atoms with Crippen molar-refractivity contribution in [2.24, 2.45) is 0 Å². The van der Waals surface area contributed by atoms with E-state index in [-0.39, 0.29) is 6.04 Å². The van der Waals surface area contributed by atoms with Crippen LogP contribution in [0.3, 0.4) is 0 Å². The highest BCUT2D eigenvalue weighted by molar-refractivity contribution is 6.29. The van der Waals surface area contributed by atoms with Gasteiger partial charge in [0.1, 0.15) is 11.0 Å². The van der Waals surface area contributed by atoms with Gasteiger partial charge in [-0.3, -0.25) is 0 Å². The first kappa shape index (κ1) is 13.9. The average Bonchev–Trinajstić information content (AvgIpc) is 2.40. The van der Waals surface area contributed by atoms with Crippen LogP contribution in [0.1, 0.15) is 37.4 Å². The number of hydrogen-bond acceptors (Lipinski definition) is 2. The molecule has 1 N–H and O–H groups in total. The SMILES string of the molecule is CCCc1ccc(C(C)Nc2cccc(Cl)n2)cc1. The summed E-state index contributed by atoms with van der Waals surface area (Å²) in [6.07, 6.45) is 2.32. The molecule has 0 spiro atoms. The molecule has 0 bridgehead atoms. The molecule has 3 heteroatoms. The Kier molecular flexibility index (Phi) is 4.80. The predicted octanol–water partition coefficient (Wildman–Crippen LogP) is 4.86. The summed E-state index contributed by atoms with van der Waals surface area (Å²) in [7, 11) is 0. The second-order valence-electron chi connectivity index (χ2n) is 4.70. The Balaban J connectivity index is 2.05. The van der Waals surface area contributed by atoms with Crippen LogP contribution < -0.4 is 5.32 Å². The molecular weight excluding hydrogens is 256 g/mol. The van der Waals surface area contributed by atoms with Crippen molar-refractivity contribution in [1.29, 1.82) is 0 Å². The molecular formula is C16H19ClN2. The largest absolute Gasteiger partial charge is 0.364 e. The van der Waals surface area contributed by atoms with Gasteiger partial charge >= 0.3 is 0 Å². The molecule has 2 nitrogen and oxygen atoms in total. The number of rotatable bonds is 5. The van der Waals surface area contributed by atoms with Gasteiger partial charge in [-0.1, -0.05) is 55.3 Å². The molecule has 0 fully saturated rings. The summed E-state index contributed by atoms with van der Waals surface area (Å²) in [5.74, 6) is 0.803. The smallest absolute Gasteiger partial charge is 0.131 e. The van der Waals surface area contributed by atoms with E-state index in [4.69, 9.17) is 11.6 Å². The van der Waals surface area contributed by atoms with E-state index in [2.05, 4.69) is 48.4 Å². The lowest BCUT2D eigenvalue weighted by molar-refractivity contribution is 0.868. The quantitative estimate of drug-likeness (QED) is 0.788. The average molecular weight is 275 g/mol. The Morgan fingerprint density at radius 2 is 1.89 bits per heavy atom. The topological polar surface area (TPSA) is 24.9 Å². The van der Waals surface area contributed by atoms with E-state index in [1.54, 1.807) is 6.07 Å². The molecule has 0 aliphatic carbocycles. The fraction of sp³-hybridized carbons (Fsp3) is 0.312.